The Labute approximate surface area is 200 Å². The highest BCUT2D eigenvalue weighted by molar-refractivity contribution is 5.61. The summed E-state index contributed by atoms with van der Waals surface area (Å²) in [5, 5.41) is 14.8. The lowest BCUT2D eigenvalue weighted by molar-refractivity contribution is -0.142. The number of alkyl halides is 3. The number of aromatic nitrogens is 5. The van der Waals surface area contributed by atoms with Crippen molar-refractivity contribution in [3.05, 3.63) is 53.6 Å². The number of hydrogen-bond donors (Lipinski definition) is 3. The van der Waals surface area contributed by atoms with Gasteiger partial charge in [-0.25, -0.2) is 9.97 Å². The van der Waals surface area contributed by atoms with Crippen molar-refractivity contribution in [2.24, 2.45) is 5.92 Å². The van der Waals surface area contributed by atoms with E-state index >= 15 is 0 Å². The van der Waals surface area contributed by atoms with Crippen molar-refractivity contribution >= 4 is 22.9 Å². The zero-order chi connectivity index (χ0) is 24.0. The first kappa shape index (κ1) is 22.1. The molecular formula is C24H27F3N8. The molecule has 2 fully saturated rings. The summed E-state index contributed by atoms with van der Waals surface area (Å²) in [6.07, 6.45) is 3.40. The van der Waals surface area contributed by atoms with E-state index in [0.717, 1.165) is 78.6 Å². The Bertz CT molecular complexity index is 1350. The molecule has 3 N–H and O–H groups in total. The van der Waals surface area contributed by atoms with Crippen LogP contribution in [0.25, 0.3) is 11.3 Å². The van der Waals surface area contributed by atoms with Crippen LogP contribution in [0.1, 0.15) is 48.6 Å². The van der Waals surface area contributed by atoms with Crippen molar-refractivity contribution in [1.82, 2.24) is 29.3 Å². The fraction of sp³-hybridized carbons (Fsp3) is 0.458. The predicted molar refractivity (Wildman–Crippen MR) is 127 cm³/mol. The quantitative estimate of drug-likeness (QED) is 0.363. The number of nitrogens with zero attached hydrogens (tertiary/aromatic N) is 5. The summed E-state index contributed by atoms with van der Waals surface area (Å²) in [6, 6.07) is 5.91. The highest BCUT2D eigenvalue weighted by Crippen LogP contribution is 2.42. The van der Waals surface area contributed by atoms with Crippen LogP contribution in [0.15, 0.2) is 36.7 Å². The van der Waals surface area contributed by atoms with Crippen LogP contribution in [-0.2, 0) is 12.7 Å². The molecule has 1 saturated carbocycles. The largest absolute Gasteiger partial charge is 0.431 e. The summed E-state index contributed by atoms with van der Waals surface area (Å²) >= 11 is 0. The van der Waals surface area contributed by atoms with Gasteiger partial charge in [-0.05, 0) is 62.7 Å². The normalized spacial score (nSPS) is 17.3. The van der Waals surface area contributed by atoms with Gasteiger partial charge in [0, 0.05) is 24.4 Å². The van der Waals surface area contributed by atoms with E-state index in [9.17, 15) is 13.2 Å². The second kappa shape index (κ2) is 8.71. The minimum atomic E-state index is -4.45. The second-order valence-electron chi connectivity index (χ2n) is 9.43. The number of imidazole rings is 1. The third kappa shape index (κ3) is 4.52. The van der Waals surface area contributed by atoms with Crippen molar-refractivity contribution in [2.45, 2.75) is 44.3 Å². The van der Waals surface area contributed by atoms with Crippen LogP contribution >= 0.6 is 0 Å². The van der Waals surface area contributed by atoms with Crippen molar-refractivity contribution in [1.29, 1.82) is 0 Å². The van der Waals surface area contributed by atoms with E-state index in [4.69, 9.17) is 4.98 Å². The molecule has 0 unspecified atom stereocenters. The van der Waals surface area contributed by atoms with Gasteiger partial charge in [0.2, 0.25) is 0 Å². The Morgan fingerprint density at radius 2 is 1.89 bits per heavy atom. The van der Waals surface area contributed by atoms with Gasteiger partial charge >= 0.3 is 6.18 Å². The molecule has 6 rings (SSSR count). The molecule has 0 amide bonds. The van der Waals surface area contributed by atoms with E-state index < -0.39 is 11.9 Å². The van der Waals surface area contributed by atoms with Gasteiger partial charge < -0.3 is 16.0 Å². The van der Waals surface area contributed by atoms with E-state index in [1.807, 2.05) is 12.3 Å². The van der Waals surface area contributed by atoms with Gasteiger partial charge in [0.1, 0.15) is 23.0 Å². The molecule has 8 nitrogen and oxygen atoms in total. The summed E-state index contributed by atoms with van der Waals surface area (Å²) in [5.41, 5.74) is 1.98. The lowest BCUT2D eigenvalue weighted by atomic mass is 9.98. The molecule has 1 aliphatic heterocycles. The Hall–Kier alpha value is -3.34. The molecule has 4 aromatic heterocycles. The maximum Gasteiger partial charge on any atom is 0.431 e. The van der Waals surface area contributed by atoms with Gasteiger partial charge in [-0.2, -0.15) is 22.8 Å². The highest BCUT2D eigenvalue weighted by Gasteiger charge is 2.33. The molecule has 0 atom stereocenters. The van der Waals surface area contributed by atoms with Gasteiger partial charge in [0.05, 0.1) is 18.4 Å². The number of pyridine rings is 1. The number of fused-ring (bicyclic) bond motifs is 2. The molecule has 0 radical (unpaired) electrons. The number of nitrogens with one attached hydrogen (secondary N) is 3. The van der Waals surface area contributed by atoms with Crippen LogP contribution in [0.4, 0.5) is 24.8 Å². The minimum Gasteiger partial charge on any atom is -0.370 e. The highest BCUT2D eigenvalue weighted by atomic mass is 19.4. The summed E-state index contributed by atoms with van der Waals surface area (Å²) in [5.74, 6) is 2.59. The van der Waals surface area contributed by atoms with E-state index in [1.54, 1.807) is 10.6 Å². The van der Waals surface area contributed by atoms with Crippen LogP contribution in [-0.4, -0.2) is 43.6 Å². The van der Waals surface area contributed by atoms with Gasteiger partial charge in [0.15, 0.2) is 5.65 Å². The third-order valence-corrected chi connectivity index (χ3v) is 6.83. The molecule has 5 heterocycles. The molecular weight excluding hydrogens is 457 g/mol. The third-order valence-electron chi connectivity index (χ3n) is 6.83. The minimum absolute atomic E-state index is 0.254. The monoisotopic (exact) mass is 484 g/mol. The Kier molecular flexibility index (Phi) is 5.51. The topological polar surface area (TPSA) is 83.6 Å². The lowest BCUT2D eigenvalue weighted by Gasteiger charge is -2.23. The molecule has 1 aliphatic carbocycles. The summed E-state index contributed by atoms with van der Waals surface area (Å²) in [6.45, 7) is 3.18. The molecule has 2 aliphatic rings. The Morgan fingerprint density at radius 1 is 1.06 bits per heavy atom. The Morgan fingerprint density at radius 3 is 2.66 bits per heavy atom. The Balaban J connectivity index is 1.27. The molecule has 4 aromatic rings. The van der Waals surface area contributed by atoms with Gasteiger partial charge in [0.25, 0.3) is 0 Å². The van der Waals surface area contributed by atoms with Crippen LogP contribution in [0.5, 0.6) is 0 Å². The summed E-state index contributed by atoms with van der Waals surface area (Å²) in [7, 11) is 0. The molecule has 0 spiro atoms. The first-order valence-corrected chi connectivity index (χ1v) is 12.1. The second-order valence-corrected chi connectivity index (χ2v) is 9.43. The number of piperidine rings is 1. The van der Waals surface area contributed by atoms with Crippen molar-refractivity contribution in [3.63, 3.8) is 0 Å². The SMILES string of the molecule is FC(F)(F)c1cccc2nc(CNc3cc(NCC4CCNCC4)nc4c(C5CC5)cnn34)cn12. The number of rotatable bonds is 7. The van der Waals surface area contributed by atoms with E-state index in [1.165, 1.54) is 12.3 Å². The number of halogens is 3. The van der Waals surface area contributed by atoms with Gasteiger partial charge in [-0.15, -0.1) is 0 Å². The van der Waals surface area contributed by atoms with Gasteiger partial charge in [-0.3, -0.25) is 4.40 Å². The summed E-state index contributed by atoms with van der Waals surface area (Å²) < 4.78 is 43.0. The first-order chi connectivity index (χ1) is 17.0. The maximum absolute atomic E-state index is 13.4. The van der Waals surface area contributed by atoms with Crippen LogP contribution in [0.2, 0.25) is 0 Å². The van der Waals surface area contributed by atoms with Crippen molar-refractivity contribution < 1.29 is 13.2 Å². The van der Waals surface area contributed by atoms with E-state index in [2.05, 4.69) is 26.0 Å². The van der Waals surface area contributed by atoms with Crippen molar-refractivity contribution in [3.8, 4) is 0 Å². The van der Waals surface area contributed by atoms with E-state index in [0.29, 0.717) is 17.5 Å². The fourth-order valence-corrected chi connectivity index (χ4v) is 4.77. The fourth-order valence-electron chi connectivity index (χ4n) is 4.77. The molecule has 184 valence electrons. The van der Waals surface area contributed by atoms with Crippen LogP contribution < -0.4 is 16.0 Å². The zero-order valence-electron chi connectivity index (χ0n) is 19.1. The molecule has 1 saturated heterocycles. The standard InChI is InChI=1S/C24H27F3N8/c25-24(26,27)19-2-1-3-21-32-17(14-34(19)21)12-30-22-10-20(29-11-15-6-8-28-9-7-15)33-23-18(16-4-5-16)13-31-35(22)23/h1-3,10,13-16,28,30H,4-9,11-12H2,(H,29,33). The first-order valence-electron chi connectivity index (χ1n) is 12.1. The molecule has 35 heavy (non-hydrogen) atoms. The summed E-state index contributed by atoms with van der Waals surface area (Å²) in [4.78, 5) is 9.24. The lowest BCUT2D eigenvalue weighted by Crippen LogP contribution is -2.31. The number of anilines is 2. The van der Waals surface area contributed by atoms with Gasteiger partial charge in [-0.1, -0.05) is 6.07 Å². The van der Waals surface area contributed by atoms with Crippen LogP contribution in [0.3, 0.4) is 0 Å². The predicted octanol–water partition coefficient (Wildman–Crippen LogP) is 4.30. The smallest absolute Gasteiger partial charge is 0.370 e. The average Bonchev–Trinajstić information content (AvgIpc) is 3.45. The van der Waals surface area contributed by atoms with Crippen molar-refractivity contribution in [2.75, 3.05) is 30.3 Å². The van der Waals surface area contributed by atoms with Crippen LogP contribution in [0, 0.1) is 5.92 Å². The van der Waals surface area contributed by atoms with E-state index in [-0.39, 0.29) is 12.2 Å². The zero-order valence-corrected chi connectivity index (χ0v) is 19.1. The average molecular weight is 485 g/mol. The molecule has 11 heteroatoms. The molecule has 0 bridgehead atoms. The maximum atomic E-state index is 13.4. The number of hydrogen-bond acceptors (Lipinski definition) is 6. The molecule has 0 aromatic carbocycles.